The Hall–Kier alpha value is -1.87. The molecule has 3 aromatic rings. The van der Waals surface area contributed by atoms with Crippen LogP contribution >= 0.6 is 11.6 Å². The number of fused-ring (bicyclic) bond motifs is 1. The van der Waals surface area contributed by atoms with Gasteiger partial charge in [0.15, 0.2) is 0 Å². The van der Waals surface area contributed by atoms with Gasteiger partial charge in [0.25, 0.3) is 0 Å². The predicted molar refractivity (Wildman–Crippen MR) is 77.9 cm³/mol. The van der Waals surface area contributed by atoms with Crippen molar-refractivity contribution in [2.24, 2.45) is 0 Å². The number of imidazole rings is 1. The summed E-state index contributed by atoms with van der Waals surface area (Å²) in [7, 11) is 0. The molecule has 0 saturated heterocycles. The van der Waals surface area contributed by atoms with E-state index in [0.29, 0.717) is 5.15 Å². The number of benzene rings is 1. The van der Waals surface area contributed by atoms with Crippen LogP contribution in [0, 0.1) is 0 Å². The zero-order chi connectivity index (χ0) is 13.2. The largest absolute Gasteiger partial charge is 0.290 e. The fraction of sp³-hybridized carbons (Fsp3) is 0.200. The molecule has 0 amide bonds. The van der Waals surface area contributed by atoms with Crippen molar-refractivity contribution in [3.05, 3.63) is 53.7 Å². The second-order valence-corrected chi connectivity index (χ2v) is 4.83. The van der Waals surface area contributed by atoms with Gasteiger partial charge >= 0.3 is 0 Å². The number of hydrogen-bond donors (Lipinski definition) is 0. The molecule has 2 heterocycles. The van der Waals surface area contributed by atoms with E-state index in [0.717, 1.165) is 29.6 Å². The molecule has 0 unspecified atom stereocenters. The van der Waals surface area contributed by atoms with Gasteiger partial charge in [-0.3, -0.25) is 4.57 Å². The molecule has 0 radical (unpaired) electrons. The topological polar surface area (TPSA) is 30.7 Å². The summed E-state index contributed by atoms with van der Waals surface area (Å²) < 4.78 is 1.89. The molecule has 4 heteroatoms. The maximum atomic E-state index is 6.36. The minimum absolute atomic E-state index is 0.587. The molecule has 96 valence electrons. The van der Waals surface area contributed by atoms with Gasteiger partial charge in [-0.2, -0.15) is 0 Å². The Bertz CT molecular complexity index is 705. The van der Waals surface area contributed by atoms with E-state index < -0.39 is 0 Å². The number of aromatic nitrogens is 3. The molecular formula is C15H14ClN3. The molecule has 0 fully saturated rings. The van der Waals surface area contributed by atoms with Crippen LogP contribution in [0.15, 0.2) is 43.0 Å². The lowest BCUT2D eigenvalue weighted by molar-refractivity contribution is 0.916. The summed E-state index contributed by atoms with van der Waals surface area (Å²) in [5, 5.41) is 2.87. The number of pyridine rings is 1. The lowest BCUT2D eigenvalue weighted by atomic mass is 10.0. The number of nitrogens with zero attached hydrogens (tertiary/aromatic N) is 3. The van der Waals surface area contributed by atoms with Crippen LogP contribution in [-0.2, 0) is 6.42 Å². The quantitative estimate of drug-likeness (QED) is 0.674. The summed E-state index contributed by atoms with van der Waals surface area (Å²) in [4.78, 5) is 8.62. The maximum Gasteiger partial charge on any atom is 0.147 e. The number of hydrogen-bond acceptors (Lipinski definition) is 2. The molecule has 0 aliphatic carbocycles. The highest BCUT2D eigenvalue weighted by Crippen LogP contribution is 2.29. The minimum Gasteiger partial charge on any atom is -0.290 e. The van der Waals surface area contributed by atoms with Crippen LogP contribution < -0.4 is 0 Å². The average Bonchev–Trinajstić information content (AvgIpc) is 2.95. The van der Waals surface area contributed by atoms with Gasteiger partial charge in [0.2, 0.25) is 0 Å². The molecule has 2 aromatic heterocycles. The number of halogens is 1. The average molecular weight is 272 g/mol. The first kappa shape index (κ1) is 12.2. The van der Waals surface area contributed by atoms with Crippen molar-refractivity contribution in [2.45, 2.75) is 19.8 Å². The first-order valence-corrected chi connectivity index (χ1v) is 6.74. The fourth-order valence-corrected chi connectivity index (χ4v) is 2.62. The van der Waals surface area contributed by atoms with E-state index in [1.165, 1.54) is 5.39 Å². The zero-order valence-corrected chi connectivity index (χ0v) is 11.4. The van der Waals surface area contributed by atoms with Gasteiger partial charge < -0.3 is 0 Å². The second kappa shape index (κ2) is 5.02. The van der Waals surface area contributed by atoms with E-state index >= 15 is 0 Å². The van der Waals surface area contributed by atoms with Gasteiger partial charge in [0, 0.05) is 17.8 Å². The Kier molecular flexibility index (Phi) is 3.22. The van der Waals surface area contributed by atoms with Crippen molar-refractivity contribution in [3.8, 4) is 5.82 Å². The SMILES string of the molecule is CCCc1c(Cl)nc(-n2ccnc2)c2ccccc12. The first-order valence-electron chi connectivity index (χ1n) is 6.36. The van der Waals surface area contributed by atoms with Gasteiger partial charge in [-0.15, -0.1) is 0 Å². The third kappa shape index (κ3) is 2.10. The van der Waals surface area contributed by atoms with Crippen molar-refractivity contribution in [1.29, 1.82) is 0 Å². The van der Waals surface area contributed by atoms with Gasteiger partial charge in [-0.1, -0.05) is 49.2 Å². The minimum atomic E-state index is 0.587. The van der Waals surface area contributed by atoms with Crippen molar-refractivity contribution < 1.29 is 0 Å². The summed E-state index contributed by atoms with van der Waals surface area (Å²) in [5.41, 5.74) is 1.13. The van der Waals surface area contributed by atoms with Crippen molar-refractivity contribution >= 4 is 22.4 Å². The Morgan fingerprint density at radius 3 is 2.68 bits per heavy atom. The third-order valence-corrected chi connectivity index (χ3v) is 3.51. The van der Waals surface area contributed by atoms with Crippen LogP contribution in [0.3, 0.4) is 0 Å². The highest BCUT2D eigenvalue weighted by molar-refractivity contribution is 6.31. The molecule has 19 heavy (non-hydrogen) atoms. The molecule has 1 aromatic carbocycles. The smallest absolute Gasteiger partial charge is 0.147 e. The predicted octanol–water partition coefficient (Wildman–Crippen LogP) is 4.03. The number of aryl methyl sites for hydroxylation is 1. The molecule has 0 saturated carbocycles. The summed E-state index contributed by atoms with van der Waals surface area (Å²) in [6.07, 6.45) is 7.35. The Balaban J connectivity index is 2.33. The molecule has 0 aliphatic rings. The van der Waals surface area contributed by atoms with Crippen LogP contribution in [0.5, 0.6) is 0 Å². The molecule has 3 nitrogen and oxygen atoms in total. The normalized spacial score (nSPS) is 11.1. The van der Waals surface area contributed by atoms with Crippen LogP contribution in [0.2, 0.25) is 5.15 Å². The van der Waals surface area contributed by atoms with E-state index in [1.807, 2.05) is 22.9 Å². The van der Waals surface area contributed by atoms with Crippen LogP contribution in [-0.4, -0.2) is 14.5 Å². The number of rotatable bonds is 3. The highest BCUT2D eigenvalue weighted by Gasteiger charge is 2.12. The van der Waals surface area contributed by atoms with E-state index in [2.05, 4.69) is 29.0 Å². The van der Waals surface area contributed by atoms with E-state index in [4.69, 9.17) is 11.6 Å². The highest BCUT2D eigenvalue weighted by atomic mass is 35.5. The third-order valence-electron chi connectivity index (χ3n) is 3.20. The van der Waals surface area contributed by atoms with Gasteiger partial charge in [0.05, 0.1) is 0 Å². The van der Waals surface area contributed by atoms with Crippen molar-refractivity contribution in [2.75, 3.05) is 0 Å². The molecule has 0 spiro atoms. The molecule has 0 aliphatic heterocycles. The van der Waals surface area contributed by atoms with Crippen molar-refractivity contribution in [1.82, 2.24) is 14.5 Å². The molecule has 3 rings (SSSR count). The maximum absolute atomic E-state index is 6.36. The molecule has 0 atom stereocenters. The Morgan fingerprint density at radius 2 is 2.00 bits per heavy atom. The van der Waals surface area contributed by atoms with E-state index in [-0.39, 0.29) is 0 Å². The molecule has 0 bridgehead atoms. The summed E-state index contributed by atoms with van der Waals surface area (Å²) in [6, 6.07) is 8.24. The molecular weight excluding hydrogens is 258 g/mol. The van der Waals surface area contributed by atoms with Gasteiger partial charge in [-0.05, 0) is 17.4 Å². The van der Waals surface area contributed by atoms with Crippen LogP contribution in [0.1, 0.15) is 18.9 Å². The zero-order valence-electron chi connectivity index (χ0n) is 10.7. The standard InChI is InChI=1S/C15H14ClN3/c1-2-5-12-11-6-3-4-7-13(11)15(18-14(12)16)19-9-8-17-10-19/h3-4,6-10H,2,5H2,1H3. The second-order valence-electron chi connectivity index (χ2n) is 4.47. The summed E-state index contributed by atoms with van der Waals surface area (Å²) in [6.45, 7) is 2.15. The van der Waals surface area contributed by atoms with E-state index in [1.54, 1.807) is 12.5 Å². The van der Waals surface area contributed by atoms with Crippen molar-refractivity contribution in [3.63, 3.8) is 0 Å². The van der Waals surface area contributed by atoms with Crippen LogP contribution in [0.4, 0.5) is 0 Å². The first-order chi connectivity index (χ1) is 9.31. The lowest BCUT2D eigenvalue weighted by Gasteiger charge is -2.12. The van der Waals surface area contributed by atoms with Gasteiger partial charge in [0.1, 0.15) is 17.3 Å². The Labute approximate surface area is 116 Å². The summed E-state index contributed by atoms with van der Waals surface area (Å²) >= 11 is 6.36. The van der Waals surface area contributed by atoms with Crippen LogP contribution in [0.25, 0.3) is 16.6 Å². The fourth-order valence-electron chi connectivity index (χ4n) is 2.34. The molecule has 0 N–H and O–H groups in total. The van der Waals surface area contributed by atoms with E-state index in [9.17, 15) is 0 Å². The monoisotopic (exact) mass is 271 g/mol. The summed E-state index contributed by atoms with van der Waals surface area (Å²) in [5.74, 6) is 0.831. The van der Waals surface area contributed by atoms with Gasteiger partial charge in [-0.25, -0.2) is 9.97 Å². The lowest BCUT2D eigenvalue weighted by Crippen LogP contribution is -2.00. The Morgan fingerprint density at radius 1 is 1.21 bits per heavy atom.